The van der Waals surface area contributed by atoms with Crippen LogP contribution in [0.1, 0.15) is 18.9 Å². The number of ether oxygens (including phenoxy) is 1. The molecule has 2 N–H and O–H groups in total. The van der Waals surface area contributed by atoms with Crippen LogP contribution in [0, 0.1) is 0 Å². The summed E-state index contributed by atoms with van der Waals surface area (Å²) in [6, 6.07) is 4.85. The lowest BCUT2D eigenvalue weighted by Crippen LogP contribution is -2.19. The number of halogens is 4. The van der Waals surface area contributed by atoms with Crippen molar-refractivity contribution in [1.29, 1.82) is 0 Å². The summed E-state index contributed by atoms with van der Waals surface area (Å²) in [4.78, 5) is 4.20. The van der Waals surface area contributed by atoms with E-state index in [9.17, 15) is 0 Å². The van der Waals surface area contributed by atoms with Gasteiger partial charge in [-0.1, -0.05) is 53.3 Å². The maximum atomic E-state index is 5.88. The zero-order valence-corrected chi connectivity index (χ0v) is 13.3. The average Bonchev–Trinajstić information content (AvgIpc) is 2.30. The van der Waals surface area contributed by atoms with E-state index in [1.165, 1.54) is 0 Å². The number of rotatable bonds is 5. The van der Waals surface area contributed by atoms with Crippen molar-refractivity contribution in [3.05, 3.63) is 28.8 Å². The number of nitrogens with two attached hydrogens (primary N) is 1. The van der Waals surface area contributed by atoms with Crippen molar-refractivity contribution in [2.75, 3.05) is 13.2 Å². The minimum Gasteiger partial charge on any atom is -0.385 e. The number of benzene rings is 1. The van der Waals surface area contributed by atoms with Crippen LogP contribution in [0.5, 0.6) is 0 Å². The second-order valence-electron chi connectivity index (χ2n) is 3.81. The molecule has 0 fully saturated rings. The van der Waals surface area contributed by atoms with Gasteiger partial charge in [-0.15, -0.1) is 0 Å². The van der Waals surface area contributed by atoms with E-state index in [1.807, 2.05) is 6.92 Å². The molecule has 19 heavy (non-hydrogen) atoms. The van der Waals surface area contributed by atoms with Crippen LogP contribution in [0.3, 0.4) is 0 Å². The lowest BCUT2D eigenvalue weighted by molar-refractivity contribution is 0.172. The number of alkyl halides is 3. The van der Waals surface area contributed by atoms with Crippen molar-refractivity contribution in [2.24, 2.45) is 10.7 Å². The molecule has 7 heteroatoms. The quantitative estimate of drug-likeness (QED) is 0.368. The van der Waals surface area contributed by atoms with E-state index in [1.54, 1.807) is 18.2 Å². The minimum atomic E-state index is -1.62. The molecule has 0 aliphatic rings. The number of amidine groups is 1. The first-order valence-corrected chi connectivity index (χ1v) is 7.13. The molecule has 1 aromatic carbocycles. The van der Waals surface area contributed by atoms with Crippen LogP contribution in [0.25, 0.3) is 0 Å². The van der Waals surface area contributed by atoms with Crippen molar-refractivity contribution in [1.82, 2.24) is 0 Å². The van der Waals surface area contributed by atoms with Crippen molar-refractivity contribution in [3.8, 4) is 0 Å². The summed E-state index contributed by atoms with van der Waals surface area (Å²) in [7, 11) is 0. The molecule has 1 rings (SSSR count). The molecule has 0 aliphatic carbocycles. The Morgan fingerprint density at radius 3 is 2.63 bits per heavy atom. The van der Waals surface area contributed by atoms with Crippen LogP contribution < -0.4 is 5.73 Å². The summed E-state index contributed by atoms with van der Waals surface area (Å²) < 4.78 is 3.67. The van der Waals surface area contributed by atoms with Gasteiger partial charge < -0.3 is 10.5 Å². The SMILES string of the molecule is CCCOCC(N)=Nc1ccc(Cl)cc1C(Cl)(Cl)Cl. The third kappa shape index (κ3) is 5.76. The first-order valence-electron chi connectivity index (χ1n) is 5.62. The van der Waals surface area contributed by atoms with Crippen LogP contribution in [-0.2, 0) is 8.53 Å². The van der Waals surface area contributed by atoms with Gasteiger partial charge in [-0.05, 0) is 24.6 Å². The number of hydrogen-bond acceptors (Lipinski definition) is 2. The predicted octanol–water partition coefficient (Wildman–Crippen LogP) is 4.58. The number of nitrogens with zero attached hydrogens (tertiary/aromatic N) is 1. The molecule has 3 nitrogen and oxygen atoms in total. The summed E-state index contributed by atoms with van der Waals surface area (Å²) in [6.07, 6.45) is 0.910. The lowest BCUT2D eigenvalue weighted by Gasteiger charge is -2.14. The molecule has 106 valence electrons. The van der Waals surface area contributed by atoms with Crippen molar-refractivity contribution >= 4 is 57.9 Å². The molecule has 0 bridgehead atoms. The molecule has 0 saturated carbocycles. The molecule has 0 unspecified atom stereocenters. The van der Waals surface area contributed by atoms with Crippen LogP contribution in [-0.4, -0.2) is 19.0 Å². The van der Waals surface area contributed by atoms with E-state index in [-0.39, 0.29) is 6.61 Å². The van der Waals surface area contributed by atoms with E-state index >= 15 is 0 Å². The molecule has 0 aliphatic heterocycles. The van der Waals surface area contributed by atoms with Gasteiger partial charge in [0, 0.05) is 17.2 Å². The van der Waals surface area contributed by atoms with E-state index in [0.29, 0.717) is 28.7 Å². The van der Waals surface area contributed by atoms with Gasteiger partial charge >= 0.3 is 0 Å². The van der Waals surface area contributed by atoms with Gasteiger partial charge in [0.25, 0.3) is 0 Å². The number of hydrogen-bond donors (Lipinski definition) is 1. The number of aliphatic imine (C=N–C) groups is 1. The third-order valence-electron chi connectivity index (χ3n) is 2.13. The van der Waals surface area contributed by atoms with Gasteiger partial charge in [-0.25, -0.2) is 4.99 Å². The molecule has 0 spiro atoms. The lowest BCUT2D eigenvalue weighted by atomic mass is 10.2. The average molecular weight is 344 g/mol. The zero-order valence-electron chi connectivity index (χ0n) is 10.3. The molecular formula is C12H14Cl4N2O. The van der Waals surface area contributed by atoms with Crippen LogP contribution in [0.4, 0.5) is 5.69 Å². The van der Waals surface area contributed by atoms with Gasteiger partial charge in [0.15, 0.2) is 0 Å². The molecular weight excluding hydrogens is 330 g/mol. The highest BCUT2D eigenvalue weighted by molar-refractivity contribution is 6.67. The second-order valence-corrected chi connectivity index (χ2v) is 6.53. The van der Waals surface area contributed by atoms with E-state index in [0.717, 1.165) is 6.42 Å². The van der Waals surface area contributed by atoms with Crippen LogP contribution in [0.15, 0.2) is 23.2 Å². The molecule has 0 saturated heterocycles. The smallest absolute Gasteiger partial charge is 0.218 e. The fraction of sp³-hybridized carbons (Fsp3) is 0.417. The first-order chi connectivity index (χ1) is 8.84. The van der Waals surface area contributed by atoms with E-state index in [4.69, 9.17) is 56.9 Å². The van der Waals surface area contributed by atoms with Gasteiger partial charge in [0.05, 0.1) is 5.69 Å². The Kier molecular flexibility index (Phi) is 6.71. The maximum absolute atomic E-state index is 5.88. The Balaban J connectivity index is 2.97. The zero-order chi connectivity index (χ0) is 14.5. The summed E-state index contributed by atoms with van der Waals surface area (Å²) in [5.74, 6) is 0.311. The molecule has 1 aromatic rings. The van der Waals surface area contributed by atoms with Gasteiger partial charge in [-0.2, -0.15) is 0 Å². The van der Waals surface area contributed by atoms with Crippen LogP contribution >= 0.6 is 46.4 Å². The second kappa shape index (κ2) is 7.55. The molecule has 0 atom stereocenters. The highest BCUT2D eigenvalue weighted by Crippen LogP contribution is 2.43. The fourth-order valence-corrected chi connectivity index (χ4v) is 1.97. The summed E-state index contributed by atoms with van der Waals surface area (Å²) in [5, 5.41) is 0.459. The summed E-state index contributed by atoms with van der Waals surface area (Å²) in [5.41, 5.74) is 6.60. The summed E-state index contributed by atoms with van der Waals surface area (Å²) >= 11 is 23.5. The molecule has 0 radical (unpaired) electrons. The van der Waals surface area contributed by atoms with Gasteiger partial charge in [0.2, 0.25) is 3.79 Å². The Hall–Kier alpha value is -0.190. The van der Waals surface area contributed by atoms with Crippen molar-refractivity contribution < 1.29 is 4.74 Å². The van der Waals surface area contributed by atoms with Crippen LogP contribution in [0.2, 0.25) is 5.02 Å². The standard InChI is InChI=1S/C12H14Cl4N2O/c1-2-5-19-7-11(17)18-10-4-3-8(13)6-9(10)12(14,15)16/h3-4,6H,2,5,7H2,1H3,(H2,17,18). The van der Waals surface area contributed by atoms with Gasteiger partial charge in [0.1, 0.15) is 12.4 Å². The Morgan fingerprint density at radius 2 is 2.05 bits per heavy atom. The Morgan fingerprint density at radius 1 is 1.37 bits per heavy atom. The molecule has 0 amide bonds. The third-order valence-corrected chi connectivity index (χ3v) is 2.97. The molecule has 0 aromatic heterocycles. The van der Waals surface area contributed by atoms with E-state index < -0.39 is 3.79 Å². The maximum Gasteiger partial charge on any atom is 0.218 e. The Bertz CT molecular complexity index is 458. The van der Waals surface area contributed by atoms with Gasteiger partial charge in [-0.3, -0.25) is 0 Å². The molecule has 0 heterocycles. The van der Waals surface area contributed by atoms with E-state index in [2.05, 4.69) is 4.99 Å². The largest absolute Gasteiger partial charge is 0.385 e. The first kappa shape index (κ1) is 16.9. The predicted molar refractivity (Wildman–Crippen MR) is 83.1 cm³/mol. The van der Waals surface area contributed by atoms with Crippen molar-refractivity contribution in [2.45, 2.75) is 17.1 Å². The topological polar surface area (TPSA) is 47.6 Å². The summed E-state index contributed by atoms with van der Waals surface area (Å²) in [6.45, 7) is 2.86. The fourth-order valence-electron chi connectivity index (χ4n) is 1.34. The monoisotopic (exact) mass is 342 g/mol. The Labute approximate surface area is 132 Å². The highest BCUT2D eigenvalue weighted by Gasteiger charge is 2.26. The normalized spacial score (nSPS) is 12.8. The minimum absolute atomic E-state index is 0.232. The highest BCUT2D eigenvalue weighted by atomic mass is 35.6. The van der Waals surface area contributed by atoms with Crippen molar-refractivity contribution in [3.63, 3.8) is 0 Å².